The molecule has 1 aromatic heterocycles. The van der Waals surface area contributed by atoms with Crippen molar-refractivity contribution in [1.82, 2.24) is 14.6 Å². The van der Waals surface area contributed by atoms with Crippen molar-refractivity contribution < 1.29 is 31.9 Å². The van der Waals surface area contributed by atoms with E-state index in [-0.39, 0.29) is 42.8 Å². The summed E-state index contributed by atoms with van der Waals surface area (Å²) in [6.07, 6.45) is 9.43. The lowest BCUT2D eigenvalue weighted by Crippen LogP contribution is -2.46. The predicted molar refractivity (Wildman–Crippen MR) is 180 cm³/mol. The van der Waals surface area contributed by atoms with Crippen LogP contribution in [0.25, 0.3) is 10.2 Å². The van der Waals surface area contributed by atoms with Gasteiger partial charge in [0.2, 0.25) is 21.8 Å². The van der Waals surface area contributed by atoms with E-state index in [0.717, 1.165) is 41.5 Å². The molecular formula is C36H40FN3O6S2. The first-order chi connectivity index (χ1) is 23.1. The third-order valence-corrected chi connectivity index (χ3v) is 13.0. The number of allylic oxidation sites excluding steroid dienone is 2. The minimum atomic E-state index is -3.80. The monoisotopic (exact) mass is 693 g/mol. The fourth-order valence-corrected chi connectivity index (χ4v) is 9.54. The molecule has 2 saturated carbocycles. The lowest BCUT2D eigenvalue weighted by molar-refractivity contribution is -0.142. The number of nitrogens with zero attached hydrogens (tertiary/aromatic N) is 2. The number of hydrogen-bond donors (Lipinski definition) is 1. The van der Waals surface area contributed by atoms with Crippen LogP contribution in [0.1, 0.15) is 69.8 Å². The molecule has 48 heavy (non-hydrogen) atoms. The Labute approximate surface area is 284 Å². The third kappa shape index (κ3) is 7.05. The second-order valence-corrected chi connectivity index (χ2v) is 16.8. The molecule has 1 saturated heterocycles. The number of sulfonamides is 1. The van der Waals surface area contributed by atoms with E-state index in [1.165, 1.54) is 23.5 Å². The summed E-state index contributed by atoms with van der Waals surface area (Å²) in [6, 6.07) is 13.0. The Hall–Kier alpha value is -3.64. The number of benzene rings is 2. The van der Waals surface area contributed by atoms with Crippen LogP contribution in [0, 0.1) is 23.1 Å². The number of amides is 2. The summed E-state index contributed by atoms with van der Waals surface area (Å²) in [5.74, 6) is -2.10. The van der Waals surface area contributed by atoms with Crippen molar-refractivity contribution in [2.24, 2.45) is 17.3 Å². The summed E-state index contributed by atoms with van der Waals surface area (Å²) in [7, 11) is -3.80. The summed E-state index contributed by atoms with van der Waals surface area (Å²) in [5.41, 5.74) is 0.469. The van der Waals surface area contributed by atoms with Crippen LogP contribution in [0.5, 0.6) is 5.19 Å². The van der Waals surface area contributed by atoms with Crippen molar-refractivity contribution in [3.8, 4) is 5.19 Å². The molecule has 0 bridgehead atoms. The number of carbonyl (C=O) groups excluding carboxylic acids is 3. The third-order valence-electron chi connectivity index (χ3n) is 10.3. The number of Topliss-reactive ketones (excluding diaryl/α,β-unsaturated/α-hetero) is 1. The van der Waals surface area contributed by atoms with Crippen LogP contribution in [0.3, 0.4) is 0 Å². The Kier molecular flexibility index (Phi) is 9.14. The smallest absolute Gasteiger partial charge is 0.274 e. The van der Waals surface area contributed by atoms with Crippen molar-refractivity contribution >= 4 is 49.2 Å². The topological polar surface area (TPSA) is 123 Å². The molecule has 0 radical (unpaired) electrons. The largest absolute Gasteiger partial charge is 0.465 e. The molecule has 9 nitrogen and oxygen atoms in total. The Bertz CT molecular complexity index is 1810. The first-order valence-electron chi connectivity index (χ1n) is 16.9. The van der Waals surface area contributed by atoms with Crippen LogP contribution in [0.2, 0.25) is 0 Å². The lowest BCUT2D eigenvalue weighted by atomic mass is 9.90. The molecule has 3 aromatic rings. The summed E-state index contributed by atoms with van der Waals surface area (Å²) in [5, 5.41) is -0.106. The highest BCUT2D eigenvalue weighted by molar-refractivity contribution is 7.90. The van der Waals surface area contributed by atoms with Gasteiger partial charge in [0.15, 0.2) is 5.78 Å². The first kappa shape index (κ1) is 32.9. The molecule has 3 fully saturated rings. The van der Waals surface area contributed by atoms with Crippen LogP contribution >= 0.6 is 11.3 Å². The number of ether oxygens (including phenoxy) is 1. The van der Waals surface area contributed by atoms with E-state index >= 15 is 0 Å². The zero-order valence-corrected chi connectivity index (χ0v) is 28.3. The van der Waals surface area contributed by atoms with E-state index < -0.39 is 44.7 Å². The van der Waals surface area contributed by atoms with Gasteiger partial charge in [-0.05, 0) is 80.7 Å². The number of para-hydroxylation sites is 1. The van der Waals surface area contributed by atoms with Gasteiger partial charge in [-0.15, -0.1) is 0 Å². The zero-order chi connectivity index (χ0) is 33.5. The molecule has 0 spiro atoms. The summed E-state index contributed by atoms with van der Waals surface area (Å²) < 4.78 is 48.8. The van der Waals surface area contributed by atoms with Gasteiger partial charge in [0.25, 0.3) is 5.19 Å². The van der Waals surface area contributed by atoms with Gasteiger partial charge in [-0.25, -0.2) is 17.8 Å². The predicted octanol–water partition coefficient (Wildman–Crippen LogP) is 5.74. The van der Waals surface area contributed by atoms with Gasteiger partial charge in [0.05, 0.1) is 33.5 Å². The maximum Gasteiger partial charge on any atom is 0.274 e. The number of thiazole rings is 1. The van der Waals surface area contributed by atoms with Crippen LogP contribution in [-0.4, -0.2) is 59.8 Å². The Morgan fingerprint density at radius 1 is 1.06 bits per heavy atom. The molecule has 2 aliphatic carbocycles. The molecule has 2 aromatic carbocycles. The van der Waals surface area contributed by atoms with E-state index in [9.17, 15) is 27.2 Å². The lowest BCUT2D eigenvalue weighted by Gasteiger charge is -2.29. The van der Waals surface area contributed by atoms with Gasteiger partial charge in [0, 0.05) is 18.8 Å². The number of ketones is 1. The molecule has 7 rings (SSSR count). The number of halogens is 1. The highest BCUT2D eigenvalue weighted by Gasteiger charge is 2.61. The Morgan fingerprint density at radius 3 is 2.62 bits per heavy atom. The Morgan fingerprint density at radius 2 is 1.85 bits per heavy atom. The second-order valence-electron chi connectivity index (χ2n) is 13.8. The molecule has 2 amide bonds. The van der Waals surface area contributed by atoms with Gasteiger partial charge in [0.1, 0.15) is 11.9 Å². The highest BCUT2D eigenvalue weighted by atomic mass is 32.2. The SMILES string of the molecule is O=C1C[C@]2(C(=O)NS(=O)(=O)C3CC3)C[C@H]2/C=C\CCCCC[C@H](Cc2ccc(F)cc2)C(=O)N2C[C@H](Oc3nc4ccccc4s3)C[C@@H]12. The van der Waals surface area contributed by atoms with Crippen molar-refractivity contribution in [1.29, 1.82) is 0 Å². The maximum atomic E-state index is 14.5. The number of hydrogen-bond acceptors (Lipinski definition) is 8. The van der Waals surface area contributed by atoms with Crippen LogP contribution in [-0.2, 0) is 30.8 Å². The molecule has 5 atom stereocenters. The highest BCUT2D eigenvalue weighted by Crippen LogP contribution is 2.57. The minimum Gasteiger partial charge on any atom is -0.465 e. The molecular weight excluding hydrogens is 654 g/mol. The molecule has 0 unspecified atom stereocenters. The van der Waals surface area contributed by atoms with E-state index in [1.54, 1.807) is 17.0 Å². The van der Waals surface area contributed by atoms with Gasteiger partial charge in [-0.2, -0.15) is 0 Å². The average Bonchev–Trinajstić information content (AvgIpc) is 3.95. The molecule has 12 heteroatoms. The van der Waals surface area contributed by atoms with Gasteiger partial charge in [-0.3, -0.25) is 19.1 Å². The fourth-order valence-electron chi connectivity index (χ4n) is 7.27. The van der Waals surface area contributed by atoms with Crippen LogP contribution in [0.15, 0.2) is 60.7 Å². The van der Waals surface area contributed by atoms with E-state index in [4.69, 9.17) is 4.74 Å². The number of fused-ring (bicyclic) bond motifs is 3. The molecule has 254 valence electrons. The van der Waals surface area contributed by atoms with Crippen molar-refractivity contribution in [3.63, 3.8) is 0 Å². The number of rotatable bonds is 7. The summed E-state index contributed by atoms with van der Waals surface area (Å²) >= 11 is 1.40. The molecule has 3 heterocycles. The number of nitrogens with one attached hydrogen (secondary N) is 1. The van der Waals surface area contributed by atoms with Gasteiger partial charge < -0.3 is 9.64 Å². The molecule has 1 N–H and O–H groups in total. The standard InChI is InChI=1S/C36H40FN3O6S2/c37-26-14-12-23(13-15-26)18-24-8-4-2-1-3-5-9-25-20-36(25,34(43)39-48(44,45)28-16-17-28)21-31(41)30-19-27(22-40(30)33(24)42)46-35-38-29-10-6-7-11-32(29)47-35/h5-7,9-15,24-25,27-28,30H,1-4,8,16-22H2,(H,39,43)/b9-5-/t24-,25-,27-,30+,36-/m1/s1. The van der Waals surface area contributed by atoms with Gasteiger partial charge >= 0.3 is 0 Å². The number of aromatic nitrogens is 1. The van der Waals surface area contributed by atoms with E-state index in [2.05, 4.69) is 9.71 Å². The van der Waals surface area contributed by atoms with Crippen molar-refractivity contribution in [2.75, 3.05) is 6.54 Å². The minimum absolute atomic E-state index is 0.164. The summed E-state index contributed by atoms with van der Waals surface area (Å²) in [6.45, 7) is 0.184. The molecule has 4 aliphatic rings. The Balaban J connectivity index is 1.18. The van der Waals surface area contributed by atoms with Crippen molar-refractivity contribution in [2.45, 2.75) is 88.0 Å². The average molecular weight is 694 g/mol. The maximum absolute atomic E-state index is 14.5. The fraction of sp³-hybridized carbons (Fsp3) is 0.500. The van der Waals surface area contributed by atoms with Crippen molar-refractivity contribution in [3.05, 3.63) is 72.1 Å². The normalized spacial score (nSPS) is 29.0. The quantitative estimate of drug-likeness (QED) is 0.314. The first-order valence-corrected chi connectivity index (χ1v) is 19.3. The van der Waals surface area contributed by atoms with Gasteiger partial charge in [-0.1, -0.05) is 60.6 Å². The molecule has 2 aliphatic heterocycles. The van der Waals surface area contributed by atoms with Crippen LogP contribution < -0.4 is 9.46 Å². The van der Waals surface area contributed by atoms with E-state index in [1.807, 2.05) is 36.4 Å². The second kappa shape index (κ2) is 13.3. The summed E-state index contributed by atoms with van der Waals surface area (Å²) in [4.78, 5) is 48.7. The van der Waals surface area contributed by atoms with E-state index in [0.29, 0.717) is 37.3 Å². The van der Waals surface area contributed by atoms with Crippen LogP contribution in [0.4, 0.5) is 4.39 Å². The number of carbonyl (C=O) groups is 3. The zero-order valence-electron chi connectivity index (χ0n) is 26.7.